The summed E-state index contributed by atoms with van der Waals surface area (Å²) in [6, 6.07) is 3.52. The summed E-state index contributed by atoms with van der Waals surface area (Å²) < 4.78 is 2.19. The van der Waals surface area contributed by atoms with Gasteiger partial charge in [0.2, 0.25) is 0 Å². The summed E-state index contributed by atoms with van der Waals surface area (Å²) in [6.45, 7) is 0. The molecule has 2 aromatic heterocycles. The van der Waals surface area contributed by atoms with Crippen molar-refractivity contribution in [2.24, 2.45) is 0 Å². The number of aromatic nitrogens is 4. The number of aromatic amines is 1. The Kier molecular flexibility index (Phi) is 1.97. The normalized spacial score (nSPS) is 10.2. The van der Waals surface area contributed by atoms with Gasteiger partial charge in [-0.25, -0.2) is 19.4 Å². The molecule has 0 bridgehead atoms. The zero-order valence-corrected chi connectivity index (χ0v) is 8.02. The van der Waals surface area contributed by atoms with Crippen molar-refractivity contribution in [3.63, 3.8) is 0 Å². The second-order valence-corrected chi connectivity index (χ2v) is 3.28. The Balaban J connectivity index is 2.59. The molecule has 0 radical (unpaired) electrons. The zero-order valence-electron chi connectivity index (χ0n) is 6.44. The lowest BCUT2D eigenvalue weighted by Gasteiger charge is -1.97. The number of nitrogens with one attached hydrogen (secondary N) is 1. The fourth-order valence-corrected chi connectivity index (χ4v) is 1.26. The molecule has 2 aromatic rings. The van der Waals surface area contributed by atoms with Crippen LogP contribution >= 0.6 is 15.9 Å². The van der Waals surface area contributed by atoms with Crippen LogP contribution in [0.25, 0.3) is 5.82 Å². The minimum Gasteiger partial charge on any atom is -0.246 e. The van der Waals surface area contributed by atoms with Gasteiger partial charge in [0.25, 0.3) is 0 Å². The summed E-state index contributed by atoms with van der Waals surface area (Å²) in [6.07, 6.45) is 3.00. The van der Waals surface area contributed by atoms with Crippen molar-refractivity contribution in [2.45, 2.75) is 0 Å². The highest BCUT2D eigenvalue weighted by Crippen LogP contribution is 2.10. The highest BCUT2D eigenvalue weighted by molar-refractivity contribution is 9.10. The molecule has 13 heavy (non-hydrogen) atoms. The van der Waals surface area contributed by atoms with Gasteiger partial charge in [-0.1, -0.05) is 15.9 Å². The highest BCUT2D eigenvalue weighted by Gasteiger charge is 2.01. The molecule has 0 aromatic carbocycles. The van der Waals surface area contributed by atoms with Crippen LogP contribution in [0.1, 0.15) is 0 Å². The van der Waals surface area contributed by atoms with E-state index in [0.29, 0.717) is 5.82 Å². The minimum absolute atomic E-state index is 0.300. The van der Waals surface area contributed by atoms with E-state index in [0.717, 1.165) is 4.47 Å². The third-order valence-corrected chi connectivity index (χ3v) is 2.00. The van der Waals surface area contributed by atoms with Crippen LogP contribution in [0.2, 0.25) is 0 Å². The first-order valence-corrected chi connectivity index (χ1v) is 4.30. The summed E-state index contributed by atoms with van der Waals surface area (Å²) in [5.74, 6) is 0.535. The topological polar surface area (TPSA) is 63.6 Å². The Labute approximate surface area is 81.6 Å². The smallest absolute Gasteiger partial charge is 0.246 e. The van der Waals surface area contributed by atoms with Crippen molar-refractivity contribution >= 4 is 15.9 Å². The molecule has 66 valence electrons. The molecule has 2 rings (SSSR count). The predicted octanol–water partition coefficient (Wildman–Crippen LogP) is 0.718. The predicted molar refractivity (Wildman–Crippen MR) is 49.7 cm³/mol. The van der Waals surface area contributed by atoms with E-state index in [-0.39, 0.29) is 5.69 Å². The molecule has 0 spiro atoms. The number of pyridine rings is 1. The molecule has 5 nitrogen and oxygen atoms in total. The van der Waals surface area contributed by atoms with Gasteiger partial charge in [-0.05, 0) is 12.1 Å². The van der Waals surface area contributed by atoms with Gasteiger partial charge in [-0.3, -0.25) is 0 Å². The summed E-state index contributed by atoms with van der Waals surface area (Å²) in [7, 11) is 0. The Hall–Kier alpha value is -1.43. The van der Waals surface area contributed by atoms with E-state index in [4.69, 9.17) is 0 Å². The van der Waals surface area contributed by atoms with Crippen molar-refractivity contribution in [3.05, 3.63) is 39.6 Å². The first-order chi connectivity index (χ1) is 6.27. The summed E-state index contributed by atoms with van der Waals surface area (Å²) in [4.78, 5) is 15.1. The van der Waals surface area contributed by atoms with Gasteiger partial charge in [0.1, 0.15) is 12.1 Å². The Morgan fingerprint density at radius 3 is 3.00 bits per heavy atom. The van der Waals surface area contributed by atoms with Crippen LogP contribution in [0, 0.1) is 0 Å². The fourth-order valence-electron chi connectivity index (χ4n) is 0.937. The number of H-pyrrole nitrogens is 1. The average molecular weight is 241 g/mol. The summed E-state index contributed by atoms with van der Waals surface area (Å²) in [5.41, 5.74) is -0.300. The maximum Gasteiger partial charge on any atom is 0.348 e. The lowest BCUT2D eigenvalue weighted by atomic mass is 10.5. The standard InChI is InChI=1S/C7H5BrN4O/c8-5-1-2-9-6(3-5)12-4-10-11-7(12)13/h1-4H,(H,11,13). The summed E-state index contributed by atoms with van der Waals surface area (Å²) >= 11 is 3.29. The molecular formula is C7H5BrN4O. The molecule has 6 heteroatoms. The van der Waals surface area contributed by atoms with Crippen LogP contribution in [0.3, 0.4) is 0 Å². The number of hydrogen-bond acceptors (Lipinski definition) is 3. The molecule has 1 N–H and O–H groups in total. The van der Waals surface area contributed by atoms with Crippen molar-refractivity contribution in [3.8, 4) is 5.82 Å². The van der Waals surface area contributed by atoms with Crippen LogP contribution < -0.4 is 5.69 Å². The third kappa shape index (κ3) is 1.52. The van der Waals surface area contributed by atoms with E-state index in [1.54, 1.807) is 18.3 Å². The lowest BCUT2D eigenvalue weighted by Crippen LogP contribution is -2.15. The van der Waals surface area contributed by atoms with Crippen LogP contribution in [0.4, 0.5) is 0 Å². The van der Waals surface area contributed by atoms with Gasteiger partial charge in [0, 0.05) is 10.7 Å². The van der Waals surface area contributed by atoms with E-state index in [1.165, 1.54) is 10.9 Å². The van der Waals surface area contributed by atoms with Crippen LogP contribution in [0.5, 0.6) is 0 Å². The van der Waals surface area contributed by atoms with Crippen molar-refractivity contribution in [2.75, 3.05) is 0 Å². The van der Waals surface area contributed by atoms with Gasteiger partial charge in [0.05, 0.1) is 0 Å². The maximum atomic E-state index is 11.1. The molecule has 0 aliphatic rings. The second kappa shape index (κ2) is 3.14. The van der Waals surface area contributed by atoms with Gasteiger partial charge >= 0.3 is 5.69 Å². The van der Waals surface area contributed by atoms with Crippen molar-refractivity contribution in [1.29, 1.82) is 0 Å². The second-order valence-electron chi connectivity index (χ2n) is 2.36. The van der Waals surface area contributed by atoms with E-state index >= 15 is 0 Å². The van der Waals surface area contributed by atoms with E-state index in [2.05, 4.69) is 31.1 Å². The molecule has 0 aliphatic carbocycles. The maximum absolute atomic E-state index is 11.1. The molecule has 2 heterocycles. The molecule has 0 saturated heterocycles. The Morgan fingerprint density at radius 2 is 2.38 bits per heavy atom. The number of nitrogens with zero attached hydrogens (tertiary/aromatic N) is 3. The van der Waals surface area contributed by atoms with Gasteiger partial charge in [-0.15, -0.1) is 0 Å². The van der Waals surface area contributed by atoms with Crippen LogP contribution in [-0.4, -0.2) is 19.7 Å². The van der Waals surface area contributed by atoms with E-state index in [9.17, 15) is 4.79 Å². The number of hydrogen-bond donors (Lipinski definition) is 1. The molecule has 0 aliphatic heterocycles. The van der Waals surface area contributed by atoms with E-state index < -0.39 is 0 Å². The molecule has 0 saturated carbocycles. The Morgan fingerprint density at radius 1 is 1.54 bits per heavy atom. The molecule has 0 unspecified atom stereocenters. The molecule has 0 fully saturated rings. The van der Waals surface area contributed by atoms with Gasteiger partial charge in [0.15, 0.2) is 0 Å². The fraction of sp³-hybridized carbons (Fsp3) is 0. The average Bonchev–Trinajstić information content (AvgIpc) is 2.51. The van der Waals surface area contributed by atoms with Crippen molar-refractivity contribution in [1.82, 2.24) is 19.7 Å². The van der Waals surface area contributed by atoms with Gasteiger partial charge < -0.3 is 0 Å². The Bertz CT molecular complexity index is 475. The lowest BCUT2D eigenvalue weighted by molar-refractivity contribution is 0.938. The van der Waals surface area contributed by atoms with Crippen LogP contribution in [0.15, 0.2) is 33.9 Å². The van der Waals surface area contributed by atoms with Crippen molar-refractivity contribution < 1.29 is 0 Å². The monoisotopic (exact) mass is 240 g/mol. The quantitative estimate of drug-likeness (QED) is 0.799. The number of rotatable bonds is 1. The largest absolute Gasteiger partial charge is 0.348 e. The highest BCUT2D eigenvalue weighted by atomic mass is 79.9. The molecule has 0 amide bonds. The first-order valence-electron chi connectivity index (χ1n) is 3.51. The molecular weight excluding hydrogens is 236 g/mol. The summed E-state index contributed by atoms with van der Waals surface area (Å²) in [5, 5.41) is 5.89. The minimum atomic E-state index is -0.300. The van der Waals surface area contributed by atoms with Crippen LogP contribution in [-0.2, 0) is 0 Å². The SMILES string of the molecule is O=c1[nH]ncn1-c1cc(Br)ccn1. The number of halogens is 1. The van der Waals surface area contributed by atoms with Gasteiger partial charge in [-0.2, -0.15) is 5.10 Å². The first kappa shape index (κ1) is 8.18. The zero-order chi connectivity index (χ0) is 9.26. The third-order valence-electron chi connectivity index (χ3n) is 1.51. The molecule has 0 atom stereocenters. The van der Waals surface area contributed by atoms with E-state index in [1.807, 2.05) is 0 Å².